The third-order valence-corrected chi connectivity index (χ3v) is 3.17. The van der Waals surface area contributed by atoms with Crippen LogP contribution < -0.4 is 5.73 Å². The van der Waals surface area contributed by atoms with Gasteiger partial charge in [-0.25, -0.2) is 0 Å². The van der Waals surface area contributed by atoms with Gasteiger partial charge in [-0.3, -0.25) is 0 Å². The van der Waals surface area contributed by atoms with Crippen molar-refractivity contribution >= 4 is 11.0 Å². The molecule has 0 saturated carbocycles. The van der Waals surface area contributed by atoms with Gasteiger partial charge in [0.25, 0.3) is 0 Å². The van der Waals surface area contributed by atoms with Gasteiger partial charge in [-0.05, 0) is 12.0 Å². The van der Waals surface area contributed by atoms with Crippen molar-refractivity contribution < 1.29 is 8.94 Å². The fraction of sp³-hybridized carbons (Fsp3) is 0.286. The average molecular weight is 257 g/mol. The highest BCUT2D eigenvalue weighted by atomic mass is 16.5. The Hall–Kier alpha value is -2.14. The Bertz CT molecular complexity index is 699. The number of furan rings is 1. The monoisotopic (exact) mass is 257 g/mol. The Morgan fingerprint density at radius 2 is 2.00 bits per heavy atom. The average Bonchev–Trinajstić information content (AvgIpc) is 3.03. The smallest absolute Gasteiger partial charge is 0.244 e. The first-order valence-corrected chi connectivity index (χ1v) is 6.22. The van der Waals surface area contributed by atoms with E-state index in [0.717, 1.165) is 16.5 Å². The summed E-state index contributed by atoms with van der Waals surface area (Å²) < 4.78 is 10.7. The van der Waals surface area contributed by atoms with Crippen LogP contribution in [0.2, 0.25) is 0 Å². The molecule has 5 heteroatoms. The van der Waals surface area contributed by atoms with Crippen molar-refractivity contribution in [1.29, 1.82) is 0 Å². The van der Waals surface area contributed by atoms with Gasteiger partial charge >= 0.3 is 0 Å². The summed E-state index contributed by atoms with van der Waals surface area (Å²) in [5, 5.41) is 4.95. The van der Waals surface area contributed by atoms with Crippen LogP contribution in [0.15, 0.2) is 39.5 Å². The largest absolute Gasteiger partial charge is 0.464 e. The molecule has 0 saturated heterocycles. The maximum absolute atomic E-state index is 6.00. The van der Waals surface area contributed by atoms with Crippen LogP contribution in [0.3, 0.4) is 0 Å². The number of aromatic nitrogens is 2. The third-order valence-electron chi connectivity index (χ3n) is 3.17. The molecule has 1 atom stereocenters. The van der Waals surface area contributed by atoms with E-state index in [0.29, 0.717) is 11.7 Å². The second-order valence-corrected chi connectivity index (χ2v) is 4.87. The van der Waals surface area contributed by atoms with Crippen LogP contribution in [0.5, 0.6) is 0 Å². The summed E-state index contributed by atoms with van der Waals surface area (Å²) in [6.45, 7) is 4.03. The van der Waals surface area contributed by atoms with Gasteiger partial charge in [-0.15, -0.1) is 0 Å². The molecule has 19 heavy (non-hydrogen) atoms. The topological polar surface area (TPSA) is 78.1 Å². The summed E-state index contributed by atoms with van der Waals surface area (Å²) in [7, 11) is 0. The van der Waals surface area contributed by atoms with E-state index >= 15 is 0 Å². The second-order valence-electron chi connectivity index (χ2n) is 4.87. The Morgan fingerprint density at radius 1 is 1.21 bits per heavy atom. The van der Waals surface area contributed by atoms with Crippen molar-refractivity contribution in [3.8, 4) is 11.4 Å². The number of fused-ring (bicyclic) bond motifs is 1. The van der Waals surface area contributed by atoms with Gasteiger partial charge in [-0.2, -0.15) is 4.98 Å². The number of benzene rings is 1. The zero-order valence-corrected chi connectivity index (χ0v) is 10.8. The van der Waals surface area contributed by atoms with Crippen molar-refractivity contribution in [2.75, 3.05) is 0 Å². The first kappa shape index (κ1) is 11.9. The van der Waals surface area contributed by atoms with E-state index in [2.05, 4.69) is 10.1 Å². The fourth-order valence-corrected chi connectivity index (χ4v) is 1.92. The normalized spacial score (nSPS) is 13.3. The van der Waals surface area contributed by atoms with Gasteiger partial charge in [0.05, 0.1) is 11.6 Å². The van der Waals surface area contributed by atoms with Crippen molar-refractivity contribution in [3.63, 3.8) is 0 Å². The van der Waals surface area contributed by atoms with Gasteiger partial charge in [0.15, 0.2) is 0 Å². The zero-order valence-electron chi connectivity index (χ0n) is 10.8. The number of nitrogens with zero attached hydrogens (tertiary/aromatic N) is 2. The summed E-state index contributed by atoms with van der Waals surface area (Å²) in [5.41, 5.74) is 7.62. The molecule has 0 aliphatic carbocycles. The molecule has 2 aromatic heterocycles. The van der Waals surface area contributed by atoms with Gasteiger partial charge in [0.1, 0.15) is 11.8 Å². The quantitative estimate of drug-likeness (QED) is 0.779. The molecule has 1 unspecified atom stereocenters. The van der Waals surface area contributed by atoms with E-state index in [1.807, 2.05) is 38.1 Å². The second kappa shape index (κ2) is 4.51. The molecule has 2 heterocycles. The molecule has 98 valence electrons. The third kappa shape index (κ3) is 2.02. The Balaban J connectivity index is 2.03. The SMILES string of the molecule is CC(C)C(N)c1nc(-c2coc3ccccc23)no1. The standard InChI is InChI=1S/C14H15N3O2/c1-8(2)12(15)14-16-13(17-19-14)10-7-18-11-6-4-3-5-9(10)11/h3-8,12H,15H2,1-2H3. The van der Waals surface area contributed by atoms with Crippen LogP contribution in [0.4, 0.5) is 0 Å². The molecular weight excluding hydrogens is 242 g/mol. The summed E-state index contributed by atoms with van der Waals surface area (Å²) in [5.74, 6) is 1.21. The Kier molecular flexibility index (Phi) is 2.83. The van der Waals surface area contributed by atoms with E-state index in [1.54, 1.807) is 6.26 Å². The Morgan fingerprint density at radius 3 is 2.79 bits per heavy atom. The van der Waals surface area contributed by atoms with Crippen molar-refractivity contribution in [1.82, 2.24) is 10.1 Å². The molecular formula is C14H15N3O2. The van der Waals surface area contributed by atoms with Crippen LogP contribution in [-0.4, -0.2) is 10.1 Å². The van der Waals surface area contributed by atoms with E-state index in [1.165, 1.54) is 0 Å². The van der Waals surface area contributed by atoms with Crippen molar-refractivity contribution in [2.24, 2.45) is 11.7 Å². The Labute approximate surface area is 110 Å². The van der Waals surface area contributed by atoms with Gasteiger partial charge in [0.2, 0.25) is 11.7 Å². The molecule has 0 radical (unpaired) electrons. The highest BCUT2D eigenvalue weighted by Gasteiger charge is 2.20. The molecule has 0 bridgehead atoms. The minimum atomic E-state index is -0.251. The van der Waals surface area contributed by atoms with Gasteiger partial charge in [0, 0.05) is 5.39 Å². The molecule has 3 aromatic rings. The summed E-state index contributed by atoms with van der Waals surface area (Å²) in [6, 6.07) is 7.49. The highest BCUT2D eigenvalue weighted by molar-refractivity contribution is 5.91. The van der Waals surface area contributed by atoms with Crippen LogP contribution in [-0.2, 0) is 0 Å². The maximum Gasteiger partial charge on any atom is 0.244 e. The number of rotatable bonds is 3. The first-order valence-electron chi connectivity index (χ1n) is 6.22. The predicted octanol–water partition coefficient (Wildman–Crippen LogP) is 3.14. The minimum absolute atomic E-state index is 0.245. The van der Waals surface area contributed by atoms with Crippen LogP contribution in [0.1, 0.15) is 25.8 Å². The van der Waals surface area contributed by atoms with Crippen LogP contribution >= 0.6 is 0 Å². The molecule has 0 aliphatic heterocycles. The molecule has 0 amide bonds. The molecule has 3 rings (SSSR count). The first-order chi connectivity index (χ1) is 9.16. The minimum Gasteiger partial charge on any atom is -0.464 e. The summed E-state index contributed by atoms with van der Waals surface area (Å²) in [6.07, 6.45) is 1.64. The lowest BCUT2D eigenvalue weighted by Gasteiger charge is -2.09. The van der Waals surface area contributed by atoms with Crippen molar-refractivity contribution in [3.05, 3.63) is 36.4 Å². The maximum atomic E-state index is 6.00. The van der Waals surface area contributed by atoms with Gasteiger partial charge in [-0.1, -0.05) is 37.2 Å². The molecule has 0 fully saturated rings. The molecule has 1 aromatic carbocycles. The van der Waals surface area contributed by atoms with Gasteiger partial charge < -0.3 is 14.7 Å². The lowest BCUT2D eigenvalue weighted by Crippen LogP contribution is -2.16. The lowest BCUT2D eigenvalue weighted by molar-refractivity contribution is 0.325. The fourth-order valence-electron chi connectivity index (χ4n) is 1.92. The van der Waals surface area contributed by atoms with E-state index < -0.39 is 0 Å². The summed E-state index contributed by atoms with van der Waals surface area (Å²) in [4.78, 5) is 4.36. The molecule has 0 aliphatic rings. The lowest BCUT2D eigenvalue weighted by atomic mass is 10.1. The zero-order chi connectivity index (χ0) is 13.4. The van der Waals surface area contributed by atoms with Crippen LogP contribution in [0.25, 0.3) is 22.4 Å². The molecule has 2 N–H and O–H groups in total. The highest BCUT2D eigenvalue weighted by Crippen LogP contribution is 2.29. The van der Waals surface area contributed by atoms with E-state index in [4.69, 9.17) is 14.7 Å². The van der Waals surface area contributed by atoms with Crippen LogP contribution in [0, 0.1) is 5.92 Å². The number of nitrogens with two attached hydrogens (primary N) is 1. The van der Waals surface area contributed by atoms with E-state index in [-0.39, 0.29) is 12.0 Å². The molecule has 0 spiro atoms. The predicted molar refractivity (Wildman–Crippen MR) is 71.3 cm³/mol. The number of hydrogen-bond acceptors (Lipinski definition) is 5. The number of para-hydroxylation sites is 1. The number of hydrogen-bond donors (Lipinski definition) is 1. The van der Waals surface area contributed by atoms with Crippen molar-refractivity contribution in [2.45, 2.75) is 19.9 Å². The molecule has 5 nitrogen and oxygen atoms in total. The van der Waals surface area contributed by atoms with E-state index in [9.17, 15) is 0 Å². The summed E-state index contributed by atoms with van der Waals surface area (Å²) >= 11 is 0.